The van der Waals surface area contributed by atoms with Crippen molar-refractivity contribution in [3.63, 3.8) is 0 Å². The van der Waals surface area contributed by atoms with Crippen LogP contribution in [0.15, 0.2) is 18.2 Å². The molecule has 10 nitrogen and oxygen atoms in total. The van der Waals surface area contributed by atoms with Crippen molar-refractivity contribution in [2.24, 2.45) is 22.5 Å². The minimum absolute atomic E-state index is 0.0290. The summed E-state index contributed by atoms with van der Waals surface area (Å²) in [6.45, 7) is 15.0. The third kappa shape index (κ3) is 13.0. The lowest BCUT2D eigenvalue weighted by atomic mass is 9.82. The van der Waals surface area contributed by atoms with Gasteiger partial charge in [-0.15, -0.1) is 0 Å². The number of rotatable bonds is 13. The Balaban J connectivity index is 3.34. The van der Waals surface area contributed by atoms with Crippen molar-refractivity contribution < 1.29 is 43.2 Å². The first-order valence-electron chi connectivity index (χ1n) is 13.3. The van der Waals surface area contributed by atoms with Crippen molar-refractivity contribution in [2.45, 2.75) is 93.0 Å². The van der Waals surface area contributed by atoms with E-state index in [4.69, 9.17) is 24.7 Å². The quantitative estimate of drug-likeness (QED) is 0.184. The van der Waals surface area contributed by atoms with Gasteiger partial charge in [-0.05, 0) is 40.9 Å². The second-order valence-electron chi connectivity index (χ2n) is 12.3. The van der Waals surface area contributed by atoms with Crippen molar-refractivity contribution in [3.8, 4) is 11.5 Å². The van der Waals surface area contributed by atoms with E-state index in [1.54, 1.807) is 13.0 Å². The summed E-state index contributed by atoms with van der Waals surface area (Å²) in [6, 6.07) is 3.09. The molecule has 1 rings (SSSR count). The Kier molecular flexibility index (Phi) is 12.9. The third-order valence-electron chi connectivity index (χ3n) is 5.62. The molecule has 0 aliphatic heterocycles. The van der Waals surface area contributed by atoms with Gasteiger partial charge in [0.2, 0.25) is 0 Å². The highest BCUT2D eigenvalue weighted by molar-refractivity contribution is 5.78. The maximum atomic E-state index is 12.7. The van der Waals surface area contributed by atoms with Gasteiger partial charge in [-0.2, -0.15) is 0 Å². The number of carboxylic acids is 1. The zero-order valence-corrected chi connectivity index (χ0v) is 24.5. The zero-order chi connectivity index (χ0) is 30.0. The summed E-state index contributed by atoms with van der Waals surface area (Å²) in [6.07, 6.45) is 0.911. The average Bonchev–Trinajstić information content (AvgIpc) is 2.77. The molecule has 3 atom stereocenters. The van der Waals surface area contributed by atoms with E-state index in [9.17, 15) is 24.3 Å². The van der Waals surface area contributed by atoms with Gasteiger partial charge in [0, 0.05) is 5.92 Å². The topological polar surface area (TPSA) is 151 Å². The molecule has 220 valence electrons. The number of carboxylic acid groups (broad SMARTS) is 1. The van der Waals surface area contributed by atoms with Gasteiger partial charge in [0.1, 0.15) is 6.04 Å². The fraction of sp³-hybridized carbons (Fsp3) is 0.655. The maximum Gasteiger partial charge on any atom is 0.508 e. The predicted molar refractivity (Wildman–Crippen MR) is 146 cm³/mol. The number of nitrogens with two attached hydrogens (primary N) is 1. The van der Waals surface area contributed by atoms with Gasteiger partial charge in [-0.1, -0.05) is 67.9 Å². The predicted octanol–water partition coefficient (Wildman–Crippen LogP) is 5.45. The first-order chi connectivity index (χ1) is 17.9. The Bertz CT molecular complexity index is 991. The van der Waals surface area contributed by atoms with Crippen LogP contribution in [-0.4, -0.2) is 48.4 Å². The Morgan fingerprint density at radius 2 is 1.44 bits per heavy atom. The van der Waals surface area contributed by atoms with Crippen LogP contribution in [0.5, 0.6) is 11.5 Å². The molecule has 0 aliphatic carbocycles. The van der Waals surface area contributed by atoms with Crippen molar-refractivity contribution in [1.82, 2.24) is 0 Å². The first-order valence-corrected chi connectivity index (χ1v) is 13.3. The average molecular weight is 552 g/mol. The van der Waals surface area contributed by atoms with Crippen LogP contribution in [0.25, 0.3) is 0 Å². The second kappa shape index (κ2) is 14.9. The molecule has 1 aromatic carbocycles. The van der Waals surface area contributed by atoms with E-state index in [1.165, 1.54) is 12.1 Å². The smallest absolute Gasteiger partial charge is 0.480 e. The number of hydrogen-bond acceptors (Lipinski definition) is 9. The van der Waals surface area contributed by atoms with Gasteiger partial charge >= 0.3 is 24.1 Å². The largest absolute Gasteiger partial charge is 0.508 e. The van der Waals surface area contributed by atoms with Crippen LogP contribution in [0, 0.1) is 16.7 Å². The highest BCUT2D eigenvalue weighted by Gasteiger charge is 2.33. The normalized spacial score (nSPS) is 14.1. The third-order valence-corrected chi connectivity index (χ3v) is 5.62. The first kappa shape index (κ1) is 33.9. The van der Waals surface area contributed by atoms with Crippen molar-refractivity contribution in [3.05, 3.63) is 23.8 Å². The molecule has 0 saturated heterocycles. The second-order valence-corrected chi connectivity index (χ2v) is 12.3. The number of hydrogen-bond donors (Lipinski definition) is 2. The number of unbranched alkanes of at least 4 members (excludes halogenated alkanes) is 1. The molecule has 0 radical (unpaired) electrons. The fourth-order valence-electron chi connectivity index (χ4n) is 3.77. The molecule has 1 aromatic rings. The Hall–Kier alpha value is -3.14. The van der Waals surface area contributed by atoms with Gasteiger partial charge in [-0.25, -0.2) is 4.79 Å². The molecule has 10 heteroatoms. The molecule has 0 fully saturated rings. The molecule has 0 heterocycles. The standard InChI is InChI=1S/C29H45NO9/c1-9-10-13-36-27(35)37-17-18(2)24(25(30)26(33)34)19-11-12-20(38-22(31)15-28(3,4)5)21(14-19)39-23(32)16-29(6,7)8/h11-12,14,18,24-25H,9-10,13,15-17,30H2,1-8H3,(H,33,34)/t18?,24?,25-/m0/s1. The number of ether oxygens (including phenoxy) is 4. The number of esters is 2. The molecule has 0 saturated carbocycles. The summed E-state index contributed by atoms with van der Waals surface area (Å²) in [5.74, 6) is -3.71. The molecule has 0 aromatic heterocycles. The summed E-state index contributed by atoms with van der Waals surface area (Å²) in [5.41, 5.74) is 5.78. The molecule has 39 heavy (non-hydrogen) atoms. The SMILES string of the molecule is CCCCOC(=O)OCC(C)C(c1ccc(OC(=O)CC(C)(C)C)c(OC(=O)CC(C)(C)C)c1)[C@H](N)C(=O)O. The summed E-state index contributed by atoms with van der Waals surface area (Å²) < 4.78 is 21.3. The molecule has 0 bridgehead atoms. The maximum absolute atomic E-state index is 12.7. The van der Waals surface area contributed by atoms with E-state index >= 15 is 0 Å². The Morgan fingerprint density at radius 3 is 1.92 bits per heavy atom. The molecular weight excluding hydrogens is 506 g/mol. The molecule has 0 amide bonds. The van der Waals surface area contributed by atoms with Crippen LogP contribution in [0.3, 0.4) is 0 Å². The van der Waals surface area contributed by atoms with Crippen LogP contribution >= 0.6 is 0 Å². The molecule has 0 aliphatic rings. The highest BCUT2D eigenvalue weighted by atomic mass is 16.7. The number of benzene rings is 1. The van der Waals surface area contributed by atoms with Crippen LogP contribution in [-0.2, 0) is 23.9 Å². The van der Waals surface area contributed by atoms with Gasteiger partial charge in [0.15, 0.2) is 11.5 Å². The number of carbonyl (C=O) groups excluding carboxylic acids is 3. The summed E-state index contributed by atoms with van der Waals surface area (Å²) >= 11 is 0. The van der Waals surface area contributed by atoms with Crippen molar-refractivity contribution in [2.75, 3.05) is 13.2 Å². The molecule has 0 spiro atoms. The number of aliphatic carboxylic acids is 1. The van der Waals surface area contributed by atoms with E-state index < -0.39 is 41.9 Å². The van der Waals surface area contributed by atoms with E-state index in [0.29, 0.717) is 12.0 Å². The van der Waals surface area contributed by atoms with E-state index in [1.807, 2.05) is 48.5 Å². The van der Waals surface area contributed by atoms with Gasteiger partial charge in [0.05, 0.1) is 26.1 Å². The van der Waals surface area contributed by atoms with Crippen molar-refractivity contribution >= 4 is 24.1 Å². The lowest BCUT2D eigenvalue weighted by molar-refractivity contribution is -0.139. The van der Waals surface area contributed by atoms with E-state index in [2.05, 4.69) is 0 Å². The summed E-state index contributed by atoms with van der Waals surface area (Å²) in [7, 11) is 0. The van der Waals surface area contributed by atoms with Crippen LogP contribution < -0.4 is 15.2 Å². The lowest BCUT2D eigenvalue weighted by Crippen LogP contribution is -2.40. The van der Waals surface area contributed by atoms with Crippen molar-refractivity contribution in [1.29, 1.82) is 0 Å². The monoisotopic (exact) mass is 551 g/mol. The number of carbonyl (C=O) groups is 4. The van der Waals surface area contributed by atoms with Gasteiger partial charge in [-0.3, -0.25) is 14.4 Å². The van der Waals surface area contributed by atoms with Gasteiger partial charge in [0.25, 0.3) is 0 Å². The van der Waals surface area contributed by atoms with Crippen LogP contribution in [0.2, 0.25) is 0 Å². The van der Waals surface area contributed by atoms with Gasteiger partial charge < -0.3 is 29.8 Å². The molecular formula is C29H45NO9. The minimum atomic E-state index is -1.37. The van der Waals surface area contributed by atoms with E-state index in [-0.39, 0.29) is 48.4 Å². The highest BCUT2D eigenvalue weighted by Crippen LogP contribution is 2.37. The van der Waals surface area contributed by atoms with E-state index in [0.717, 1.165) is 6.42 Å². The zero-order valence-electron chi connectivity index (χ0n) is 24.5. The minimum Gasteiger partial charge on any atom is -0.480 e. The molecule has 3 N–H and O–H groups in total. The summed E-state index contributed by atoms with van der Waals surface area (Å²) in [4.78, 5) is 49.0. The molecule has 2 unspecified atom stereocenters. The van der Waals surface area contributed by atoms with Crippen LogP contribution in [0.4, 0.5) is 4.79 Å². The Morgan fingerprint density at radius 1 is 0.897 bits per heavy atom. The lowest BCUT2D eigenvalue weighted by Gasteiger charge is -2.28. The fourth-order valence-corrected chi connectivity index (χ4v) is 3.77. The van der Waals surface area contributed by atoms with Crippen LogP contribution in [0.1, 0.15) is 92.6 Å². The summed E-state index contributed by atoms with van der Waals surface area (Å²) in [5, 5.41) is 9.70. The Labute approximate surface area is 231 Å².